The maximum Gasteiger partial charge on any atom is 0.130 e. The summed E-state index contributed by atoms with van der Waals surface area (Å²) in [6.45, 7) is 3.84. The minimum absolute atomic E-state index is 0.0637. The lowest BCUT2D eigenvalue weighted by Crippen LogP contribution is -1.94. The highest BCUT2D eigenvalue weighted by Crippen LogP contribution is 2.23. The minimum atomic E-state index is -0.0637. The van der Waals surface area contributed by atoms with E-state index in [0.29, 0.717) is 0 Å². The third kappa shape index (κ3) is 1.86. The molecular formula is C10H12BrF. The lowest BCUT2D eigenvalue weighted by molar-refractivity contribution is 0.597. The molecule has 0 heterocycles. The normalized spacial score (nSPS) is 10.3. The summed E-state index contributed by atoms with van der Waals surface area (Å²) in [5, 5.41) is 0. The SMILES string of the molecule is CCCc1c(Br)ccc(C)c1F. The van der Waals surface area contributed by atoms with Gasteiger partial charge < -0.3 is 0 Å². The summed E-state index contributed by atoms with van der Waals surface area (Å²) in [6.07, 6.45) is 1.77. The third-order valence-corrected chi connectivity index (χ3v) is 2.62. The summed E-state index contributed by atoms with van der Waals surface area (Å²) in [5.41, 5.74) is 1.53. The highest BCUT2D eigenvalue weighted by molar-refractivity contribution is 9.10. The van der Waals surface area contributed by atoms with E-state index < -0.39 is 0 Å². The van der Waals surface area contributed by atoms with Crippen LogP contribution in [0.4, 0.5) is 4.39 Å². The van der Waals surface area contributed by atoms with Crippen LogP contribution in [0.5, 0.6) is 0 Å². The Morgan fingerprint density at radius 3 is 2.67 bits per heavy atom. The molecule has 0 saturated carbocycles. The summed E-state index contributed by atoms with van der Waals surface area (Å²) < 4.78 is 14.3. The molecule has 1 aromatic rings. The standard InChI is InChI=1S/C10H12BrF/c1-3-4-8-9(11)6-5-7(2)10(8)12/h5-6H,3-4H2,1-2H3. The Labute approximate surface area is 80.9 Å². The molecule has 66 valence electrons. The Bertz CT molecular complexity index is 281. The fourth-order valence-electron chi connectivity index (χ4n) is 1.19. The molecule has 0 saturated heterocycles. The molecule has 1 rings (SSSR count). The number of halogens is 2. The van der Waals surface area contributed by atoms with Gasteiger partial charge in [0.25, 0.3) is 0 Å². The highest BCUT2D eigenvalue weighted by Gasteiger charge is 2.07. The molecule has 0 atom stereocenters. The first-order valence-electron chi connectivity index (χ1n) is 4.10. The van der Waals surface area contributed by atoms with Gasteiger partial charge in [0, 0.05) is 10.0 Å². The van der Waals surface area contributed by atoms with Gasteiger partial charge in [-0.1, -0.05) is 35.3 Å². The van der Waals surface area contributed by atoms with Gasteiger partial charge in [0.15, 0.2) is 0 Å². The Kier molecular flexibility index (Phi) is 3.27. The average Bonchev–Trinajstić information content (AvgIpc) is 2.06. The smallest absolute Gasteiger partial charge is 0.130 e. The first kappa shape index (κ1) is 9.72. The van der Waals surface area contributed by atoms with Crippen LogP contribution in [-0.4, -0.2) is 0 Å². The summed E-state index contributed by atoms with van der Waals surface area (Å²) in [5.74, 6) is -0.0637. The Morgan fingerprint density at radius 1 is 1.42 bits per heavy atom. The number of benzene rings is 1. The zero-order valence-electron chi connectivity index (χ0n) is 7.32. The Balaban J connectivity index is 3.14. The van der Waals surface area contributed by atoms with E-state index in [1.807, 2.05) is 13.0 Å². The van der Waals surface area contributed by atoms with E-state index in [-0.39, 0.29) is 5.82 Å². The van der Waals surface area contributed by atoms with Crippen molar-refractivity contribution in [2.45, 2.75) is 26.7 Å². The van der Waals surface area contributed by atoms with Gasteiger partial charge >= 0.3 is 0 Å². The van der Waals surface area contributed by atoms with Crippen molar-refractivity contribution in [1.82, 2.24) is 0 Å². The Hall–Kier alpha value is -0.370. The van der Waals surface area contributed by atoms with Gasteiger partial charge in [-0.2, -0.15) is 0 Å². The maximum atomic E-state index is 13.4. The van der Waals surface area contributed by atoms with Crippen molar-refractivity contribution in [3.63, 3.8) is 0 Å². The molecule has 0 radical (unpaired) electrons. The van der Waals surface area contributed by atoms with Crippen LogP contribution in [0, 0.1) is 12.7 Å². The van der Waals surface area contributed by atoms with Crippen molar-refractivity contribution in [1.29, 1.82) is 0 Å². The van der Waals surface area contributed by atoms with E-state index in [4.69, 9.17) is 0 Å². The van der Waals surface area contributed by atoms with Crippen LogP contribution in [0.2, 0.25) is 0 Å². The molecular weight excluding hydrogens is 219 g/mol. The summed E-state index contributed by atoms with van der Waals surface area (Å²) >= 11 is 3.34. The molecule has 0 spiro atoms. The van der Waals surface area contributed by atoms with Gasteiger partial charge in [0.2, 0.25) is 0 Å². The monoisotopic (exact) mass is 230 g/mol. The largest absolute Gasteiger partial charge is 0.206 e. The van der Waals surface area contributed by atoms with Crippen LogP contribution < -0.4 is 0 Å². The highest BCUT2D eigenvalue weighted by atomic mass is 79.9. The maximum absolute atomic E-state index is 13.4. The van der Waals surface area contributed by atoms with Gasteiger partial charge in [-0.25, -0.2) is 4.39 Å². The fraction of sp³-hybridized carbons (Fsp3) is 0.400. The molecule has 0 aliphatic heterocycles. The average molecular weight is 231 g/mol. The Morgan fingerprint density at radius 2 is 2.08 bits per heavy atom. The summed E-state index contributed by atoms with van der Waals surface area (Å²) in [4.78, 5) is 0. The second-order valence-corrected chi connectivity index (χ2v) is 3.76. The van der Waals surface area contributed by atoms with Crippen molar-refractivity contribution in [3.8, 4) is 0 Å². The van der Waals surface area contributed by atoms with Crippen LogP contribution in [-0.2, 0) is 6.42 Å². The van der Waals surface area contributed by atoms with E-state index in [9.17, 15) is 4.39 Å². The van der Waals surface area contributed by atoms with Crippen LogP contribution in [0.1, 0.15) is 24.5 Å². The van der Waals surface area contributed by atoms with Crippen LogP contribution in [0.25, 0.3) is 0 Å². The van der Waals surface area contributed by atoms with Crippen LogP contribution in [0.3, 0.4) is 0 Å². The number of hydrogen-bond donors (Lipinski definition) is 0. The lowest BCUT2D eigenvalue weighted by atomic mass is 10.1. The van der Waals surface area contributed by atoms with E-state index >= 15 is 0 Å². The lowest BCUT2D eigenvalue weighted by Gasteiger charge is -2.06. The molecule has 0 aromatic heterocycles. The van der Waals surface area contributed by atoms with Crippen molar-refractivity contribution in [2.24, 2.45) is 0 Å². The van der Waals surface area contributed by atoms with E-state index in [1.165, 1.54) is 0 Å². The topological polar surface area (TPSA) is 0 Å². The predicted octanol–water partition coefficient (Wildman–Crippen LogP) is 3.85. The van der Waals surface area contributed by atoms with Crippen molar-refractivity contribution in [2.75, 3.05) is 0 Å². The molecule has 12 heavy (non-hydrogen) atoms. The molecule has 0 unspecified atom stereocenters. The molecule has 2 heteroatoms. The first-order valence-corrected chi connectivity index (χ1v) is 4.89. The molecule has 0 N–H and O–H groups in total. The molecule has 0 aliphatic rings. The molecule has 0 bridgehead atoms. The fourth-order valence-corrected chi connectivity index (χ4v) is 1.70. The van der Waals surface area contributed by atoms with Crippen molar-refractivity contribution in [3.05, 3.63) is 33.5 Å². The quantitative estimate of drug-likeness (QED) is 0.725. The van der Waals surface area contributed by atoms with Crippen LogP contribution >= 0.6 is 15.9 Å². The first-order chi connectivity index (χ1) is 5.66. The predicted molar refractivity (Wildman–Crippen MR) is 52.8 cm³/mol. The number of hydrogen-bond acceptors (Lipinski definition) is 0. The van der Waals surface area contributed by atoms with E-state index in [2.05, 4.69) is 15.9 Å². The van der Waals surface area contributed by atoms with Crippen molar-refractivity contribution >= 4 is 15.9 Å². The molecule has 0 aliphatic carbocycles. The van der Waals surface area contributed by atoms with Gasteiger partial charge in [0.05, 0.1) is 0 Å². The number of aryl methyl sites for hydroxylation is 1. The second-order valence-electron chi connectivity index (χ2n) is 2.91. The third-order valence-electron chi connectivity index (χ3n) is 1.88. The molecule has 0 amide bonds. The molecule has 1 aromatic carbocycles. The summed E-state index contributed by atoms with van der Waals surface area (Å²) in [6, 6.07) is 3.70. The van der Waals surface area contributed by atoms with Crippen molar-refractivity contribution < 1.29 is 4.39 Å². The minimum Gasteiger partial charge on any atom is -0.206 e. The van der Waals surface area contributed by atoms with Gasteiger partial charge in [-0.15, -0.1) is 0 Å². The number of rotatable bonds is 2. The molecule has 0 fully saturated rings. The van der Waals surface area contributed by atoms with Crippen LogP contribution in [0.15, 0.2) is 16.6 Å². The van der Waals surface area contributed by atoms with Gasteiger partial charge in [0.1, 0.15) is 5.82 Å². The van der Waals surface area contributed by atoms with Gasteiger partial charge in [-0.3, -0.25) is 0 Å². The van der Waals surface area contributed by atoms with E-state index in [0.717, 1.165) is 28.4 Å². The second kappa shape index (κ2) is 4.04. The van der Waals surface area contributed by atoms with Gasteiger partial charge in [-0.05, 0) is 25.0 Å². The zero-order valence-corrected chi connectivity index (χ0v) is 8.91. The summed E-state index contributed by atoms with van der Waals surface area (Å²) in [7, 11) is 0. The zero-order chi connectivity index (χ0) is 9.14. The molecule has 0 nitrogen and oxygen atoms in total. The van der Waals surface area contributed by atoms with E-state index in [1.54, 1.807) is 13.0 Å².